The van der Waals surface area contributed by atoms with E-state index in [2.05, 4.69) is 0 Å². The zero-order valence-corrected chi connectivity index (χ0v) is 10.8. The highest BCUT2D eigenvalue weighted by atomic mass is 35.5. The smallest absolute Gasteiger partial charge is 0.257 e. The van der Waals surface area contributed by atoms with Gasteiger partial charge in [-0.15, -0.1) is 0 Å². The van der Waals surface area contributed by atoms with Gasteiger partial charge >= 0.3 is 0 Å². The quantitative estimate of drug-likeness (QED) is 0.716. The molecular weight excluding hydrogens is 260 g/mol. The van der Waals surface area contributed by atoms with E-state index in [1.54, 1.807) is 4.90 Å². The van der Waals surface area contributed by atoms with Gasteiger partial charge in [-0.2, -0.15) is 0 Å². The number of carbonyl (C=O) groups is 1. The zero-order chi connectivity index (χ0) is 13.3. The molecule has 5 heteroatoms. The van der Waals surface area contributed by atoms with Gasteiger partial charge < -0.3 is 4.90 Å². The van der Waals surface area contributed by atoms with Crippen LogP contribution in [-0.2, 0) is 0 Å². The van der Waals surface area contributed by atoms with Crippen LogP contribution in [0.4, 0.5) is 8.78 Å². The predicted octanol–water partition coefficient (Wildman–Crippen LogP) is 3.63. The molecule has 1 heterocycles. The van der Waals surface area contributed by atoms with E-state index in [-0.39, 0.29) is 16.6 Å². The number of rotatable bonds is 1. The van der Waals surface area contributed by atoms with Crippen LogP contribution in [0.3, 0.4) is 0 Å². The number of benzene rings is 1. The SMILES string of the molecule is CC1CCCCN1C(=O)c1ccc(Cl)c(F)c1F. The number of likely N-dealkylation sites (tertiary alicyclic amines) is 1. The monoisotopic (exact) mass is 273 g/mol. The van der Waals surface area contributed by atoms with E-state index in [1.165, 1.54) is 12.1 Å². The number of piperidine rings is 1. The number of amides is 1. The summed E-state index contributed by atoms with van der Waals surface area (Å²) in [7, 11) is 0. The van der Waals surface area contributed by atoms with Crippen molar-refractivity contribution in [1.29, 1.82) is 0 Å². The third kappa shape index (κ3) is 2.34. The first-order chi connectivity index (χ1) is 8.52. The molecule has 1 aliphatic heterocycles. The summed E-state index contributed by atoms with van der Waals surface area (Å²) in [6.07, 6.45) is 2.85. The molecule has 1 saturated heterocycles. The fourth-order valence-corrected chi connectivity index (χ4v) is 2.39. The number of carbonyl (C=O) groups excluding carboxylic acids is 1. The van der Waals surface area contributed by atoms with Crippen LogP contribution in [0.15, 0.2) is 12.1 Å². The van der Waals surface area contributed by atoms with Crippen LogP contribution in [-0.4, -0.2) is 23.4 Å². The molecule has 1 atom stereocenters. The summed E-state index contributed by atoms with van der Waals surface area (Å²) < 4.78 is 27.0. The van der Waals surface area contributed by atoms with Crippen molar-refractivity contribution in [2.75, 3.05) is 6.54 Å². The molecule has 1 aromatic carbocycles. The molecule has 0 aliphatic carbocycles. The van der Waals surface area contributed by atoms with Crippen LogP contribution in [0.1, 0.15) is 36.5 Å². The van der Waals surface area contributed by atoms with Crippen molar-refractivity contribution in [2.24, 2.45) is 0 Å². The molecule has 98 valence electrons. The first-order valence-corrected chi connectivity index (χ1v) is 6.34. The molecule has 2 nitrogen and oxygen atoms in total. The van der Waals surface area contributed by atoms with E-state index in [0.29, 0.717) is 6.54 Å². The average molecular weight is 274 g/mol. The topological polar surface area (TPSA) is 20.3 Å². The molecule has 0 spiro atoms. The summed E-state index contributed by atoms with van der Waals surface area (Å²) >= 11 is 5.47. The molecule has 0 aromatic heterocycles. The maximum atomic E-state index is 13.7. The lowest BCUT2D eigenvalue weighted by Crippen LogP contribution is -2.42. The summed E-state index contributed by atoms with van der Waals surface area (Å²) in [6, 6.07) is 2.51. The van der Waals surface area contributed by atoms with Gasteiger partial charge in [-0.3, -0.25) is 4.79 Å². The average Bonchev–Trinajstić information content (AvgIpc) is 2.36. The van der Waals surface area contributed by atoms with Crippen LogP contribution in [0.5, 0.6) is 0 Å². The van der Waals surface area contributed by atoms with Crippen LogP contribution >= 0.6 is 11.6 Å². The third-order valence-electron chi connectivity index (χ3n) is 3.33. The van der Waals surface area contributed by atoms with E-state index in [4.69, 9.17) is 11.6 Å². The van der Waals surface area contributed by atoms with E-state index in [9.17, 15) is 13.6 Å². The molecule has 18 heavy (non-hydrogen) atoms. The highest BCUT2D eigenvalue weighted by Gasteiger charge is 2.27. The summed E-state index contributed by atoms with van der Waals surface area (Å²) in [5.74, 6) is -2.78. The maximum absolute atomic E-state index is 13.7. The molecule has 1 amide bonds. The second kappa shape index (κ2) is 5.22. The molecule has 0 radical (unpaired) electrons. The Morgan fingerprint density at radius 2 is 2.06 bits per heavy atom. The molecule has 2 rings (SSSR count). The van der Waals surface area contributed by atoms with Gasteiger partial charge in [0.05, 0.1) is 10.6 Å². The standard InChI is InChI=1S/C13H14ClF2NO/c1-8-4-2-3-7-17(8)13(18)9-5-6-10(14)12(16)11(9)15/h5-6,8H,2-4,7H2,1H3. The zero-order valence-electron chi connectivity index (χ0n) is 10.0. The summed E-state index contributed by atoms with van der Waals surface area (Å²) in [5.41, 5.74) is -0.245. The van der Waals surface area contributed by atoms with E-state index in [1.807, 2.05) is 6.92 Å². The molecule has 1 aromatic rings. The number of hydrogen-bond donors (Lipinski definition) is 0. The Labute approximate surface area is 110 Å². The van der Waals surface area contributed by atoms with Gasteiger partial charge in [-0.1, -0.05) is 11.6 Å². The first-order valence-electron chi connectivity index (χ1n) is 5.97. The highest BCUT2D eigenvalue weighted by molar-refractivity contribution is 6.30. The van der Waals surface area contributed by atoms with E-state index < -0.39 is 17.5 Å². The minimum atomic E-state index is -1.16. The first kappa shape index (κ1) is 13.3. The fraction of sp³-hybridized carbons (Fsp3) is 0.462. The minimum absolute atomic E-state index is 0.0596. The maximum Gasteiger partial charge on any atom is 0.257 e. The second-order valence-corrected chi connectivity index (χ2v) is 4.97. The molecule has 0 bridgehead atoms. The van der Waals surface area contributed by atoms with Gasteiger partial charge in [-0.05, 0) is 38.3 Å². The van der Waals surface area contributed by atoms with Gasteiger partial charge in [0.15, 0.2) is 11.6 Å². The molecular formula is C13H14ClF2NO. The lowest BCUT2D eigenvalue weighted by molar-refractivity contribution is 0.0629. The van der Waals surface area contributed by atoms with Crippen molar-refractivity contribution in [3.63, 3.8) is 0 Å². The van der Waals surface area contributed by atoms with Gasteiger partial charge in [-0.25, -0.2) is 8.78 Å². The van der Waals surface area contributed by atoms with Crippen LogP contribution in [0, 0.1) is 11.6 Å². The van der Waals surface area contributed by atoms with Crippen molar-refractivity contribution in [3.05, 3.63) is 34.4 Å². The molecule has 0 N–H and O–H groups in total. The summed E-state index contributed by atoms with van der Waals surface area (Å²) in [5, 5.41) is -0.309. The van der Waals surface area contributed by atoms with E-state index >= 15 is 0 Å². The van der Waals surface area contributed by atoms with Gasteiger partial charge in [0.2, 0.25) is 0 Å². The highest BCUT2D eigenvalue weighted by Crippen LogP contribution is 2.24. The lowest BCUT2D eigenvalue weighted by Gasteiger charge is -2.33. The fourth-order valence-electron chi connectivity index (χ4n) is 2.25. The Kier molecular flexibility index (Phi) is 3.85. The summed E-state index contributed by atoms with van der Waals surface area (Å²) in [4.78, 5) is 13.8. The Bertz CT molecular complexity index is 478. The van der Waals surface area contributed by atoms with E-state index in [0.717, 1.165) is 19.3 Å². The Morgan fingerprint density at radius 1 is 1.33 bits per heavy atom. The van der Waals surface area contributed by atoms with Crippen molar-refractivity contribution in [3.8, 4) is 0 Å². The Balaban J connectivity index is 2.31. The number of hydrogen-bond acceptors (Lipinski definition) is 1. The largest absolute Gasteiger partial charge is 0.336 e. The molecule has 1 fully saturated rings. The molecule has 1 unspecified atom stereocenters. The van der Waals surface area contributed by atoms with Crippen LogP contribution in [0.2, 0.25) is 5.02 Å². The van der Waals surface area contributed by atoms with Crippen LogP contribution in [0.25, 0.3) is 0 Å². The Hall–Kier alpha value is -1.16. The predicted molar refractivity (Wildman–Crippen MR) is 65.7 cm³/mol. The number of nitrogens with zero attached hydrogens (tertiary/aromatic N) is 1. The molecule has 1 aliphatic rings. The van der Waals surface area contributed by atoms with Gasteiger partial charge in [0.1, 0.15) is 0 Å². The molecule has 0 saturated carbocycles. The number of halogens is 3. The minimum Gasteiger partial charge on any atom is -0.336 e. The summed E-state index contributed by atoms with van der Waals surface area (Å²) in [6.45, 7) is 2.50. The second-order valence-electron chi connectivity index (χ2n) is 4.57. The lowest BCUT2D eigenvalue weighted by atomic mass is 10.0. The van der Waals surface area contributed by atoms with Crippen molar-refractivity contribution < 1.29 is 13.6 Å². The van der Waals surface area contributed by atoms with Gasteiger partial charge in [0.25, 0.3) is 5.91 Å². The van der Waals surface area contributed by atoms with Crippen molar-refractivity contribution in [1.82, 2.24) is 4.90 Å². The Morgan fingerprint density at radius 3 is 2.72 bits per heavy atom. The van der Waals surface area contributed by atoms with Gasteiger partial charge in [0, 0.05) is 12.6 Å². The van der Waals surface area contributed by atoms with Crippen molar-refractivity contribution >= 4 is 17.5 Å². The van der Waals surface area contributed by atoms with Crippen LogP contribution < -0.4 is 0 Å². The normalized spacial score (nSPS) is 20.0. The van der Waals surface area contributed by atoms with Crippen molar-refractivity contribution in [2.45, 2.75) is 32.2 Å². The third-order valence-corrected chi connectivity index (χ3v) is 3.62.